The summed E-state index contributed by atoms with van der Waals surface area (Å²) in [6.45, 7) is 2.07. The van der Waals surface area contributed by atoms with Crippen LogP contribution in [-0.2, 0) is 21.2 Å². The number of aryl methyl sites for hydroxylation is 1. The molecular weight excluding hydrogens is 324 g/mol. The number of hydrogen-bond acceptors (Lipinski definition) is 6. The van der Waals surface area contributed by atoms with Gasteiger partial charge in [0.2, 0.25) is 0 Å². The van der Waals surface area contributed by atoms with Crippen molar-refractivity contribution in [1.82, 2.24) is 4.98 Å². The number of thiophene rings is 1. The molecule has 0 spiro atoms. The molecule has 3 heterocycles. The molecule has 1 aliphatic heterocycles. The lowest BCUT2D eigenvalue weighted by Gasteiger charge is -2.18. The highest BCUT2D eigenvalue weighted by atomic mass is 32.2. The number of nitrogens with zero attached hydrogens (tertiary/aromatic N) is 2. The molecule has 0 radical (unpaired) electrons. The first-order chi connectivity index (χ1) is 10.4. The van der Waals surface area contributed by atoms with Crippen LogP contribution in [0.4, 0.5) is 5.69 Å². The largest absolute Gasteiger partial charge is 0.465 e. The SMILES string of the molecule is COC(=O)c1cc(S(=O)(=O)N2CCc3ccncc32)c(C)s1. The van der Waals surface area contributed by atoms with Gasteiger partial charge < -0.3 is 4.74 Å². The average molecular weight is 338 g/mol. The first kappa shape index (κ1) is 15.0. The molecule has 0 N–H and O–H groups in total. The molecule has 3 rings (SSSR count). The zero-order chi connectivity index (χ0) is 15.9. The van der Waals surface area contributed by atoms with E-state index in [-0.39, 0.29) is 9.77 Å². The van der Waals surface area contributed by atoms with Crippen LogP contribution >= 0.6 is 11.3 Å². The van der Waals surface area contributed by atoms with E-state index in [1.54, 1.807) is 19.3 Å². The van der Waals surface area contributed by atoms with Crippen molar-refractivity contribution < 1.29 is 17.9 Å². The highest BCUT2D eigenvalue weighted by Crippen LogP contribution is 2.35. The van der Waals surface area contributed by atoms with Crippen LogP contribution in [-0.4, -0.2) is 33.0 Å². The minimum Gasteiger partial charge on any atom is -0.465 e. The number of rotatable bonds is 3. The molecular formula is C14H14N2O4S2. The molecule has 0 aromatic carbocycles. The number of carbonyl (C=O) groups is 1. The van der Waals surface area contributed by atoms with Gasteiger partial charge in [-0.15, -0.1) is 11.3 Å². The molecule has 6 nitrogen and oxygen atoms in total. The van der Waals surface area contributed by atoms with Crippen molar-refractivity contribution in [3.63, 3.8) is 0 Å². The van der Waals surface area contributed by atoms with E-state index < -0.39 is 16.0 Å². The van der Waals surface area contributed by atoms with Gasteiger partial charge in [0.05, 0.1) is 19.0 Å². The van der Waals surface area contributed by atoms with Gasteiger partial charge in [-0.1, -0.05) is 0 Å². The summed E-state index contributed by atoms with van der Waals surface area (Å²) in [4.78, 5) is 16.6. The molecule has 116 valence electrons. The van der Waals surface area contributed by atoms with E-state index >= 15 is 0 Å². The van der Waals surface area contributed by atoms with Crippen LogP contribution in [0.25, 0.3) is 0 Å². The van der Waals surface area contributed by atoms with Crippen molar-refractivity contribution in [3.8, 4) is 0 Å². The van der Waals surface area contributed by atoms with E-state index in [1.165, 1.54) is 17.5 Å². The molecule has 0 saturated heterocycles. The Bertz CT molecular complexity index is 842. The fourth-order valence-electron chi connectivity index (χ4n) is 2.48. The quantitative estimate of drug-likeness (QED) is 0.800. The molecule has 8 heteroatoms. The average Bonchev–Trinajstić information content (AvgIpc) is 3.10. The van der Waals surface area contributed by atoms with E-state index in [0.717, 1.165) is 16.9 Å². The Morgan fingerprint density at radius 1 is 1.45 bits per heavy atom. The summed E-state index contributed by atoms with van der Waals surface area (Å²) >= 11 is 1.12. The number of esters is 1. The second kappa shape index (κ2) is 5.36. The van der Waals surface area contributed by atoms with Crippen molar-refractivity contribution in [2.45, 2.75) is 18.2 Å². The van der Waals surface area contributed by atoms with Crippen LogP contribution in [0.1, 0.15) is 20.1 Å². The Hall–Kier alpha value is -1.93. The van der Waals surface area contributed by atoms with Gasteiger partial charge in [-0.3, -0.25) is 9.29 Å². The summed E-state index contributed by atoms with van der Waals surface area (Å²) in [6, 6.07) is 3.21. The minimum atomic E-state index is -3.71. The summed E-state index contributed by atoms with van der Waals surface area (Å²) in [5, 5.41) is 0. The van der Waals surface area contributed by atoms with Crippen molar-refractivity contribution >= 4 is 33.0 Å². The van der Waals surface area contributed by atoms with Gasteiger partial charge in [-0.2, -0.15) is 0 Å². The van der Waals surface area contributed by atoms with E-state index in [0.29, 0.717) is 23.5 Å². The smallest absolute Gasteiger partial charge is 0.348 e. The maximum absolute atomic E-state index is 12.9. The van der Waals surface area contributed by atoms with Crippen LogP contribution in [0, 0.1) is 6.92 Å². The number of carbonyl (C=O) groups excluding carboxylic acids is 1. The highest BCUT2D eigenvalue weighted by Gasteiger charge is 2.33. The standard InChI is InChI=1S/C14H14N2O4S2/c1-9-13(7-12(21-9)14(17)20-2)22(18,19)16-6-4-10-3-5-15-8-11(10)16/h3,5,7-8H,4,6H2,1-2H3. The zero-order valence-electron chi connectivity index (χ0n) is 12.1. The maximum atomic E-state index is 12.9. The fraction of sp³-hybridized carbons (Fsp3) is 0.286. The predicted octanol–water partition coefficient (Wildman–Crippen LogP) is 1.99. The van der Waals surface area contributed by atoms with E-state index in [4.69, 9.17) is 0 Å². The third-order valence-corrected chi connectivity index (χ3v) is 6.67. The van der Waals surface area contributed by atoms with Crippen LogP contribution in [0.15, 0.2) is 29.4 Å². The van der Waals surface area contributed by atoms with Crippen LogP contribution in [0.3, 0.4) is 0 Å². The maximum Gasteiger partial charge on any atom is 0.348 e. The molecule has 2 aromatic rings. The van der Waals surface area contributed by atoms with Gasteiger partial charge in [0.25, 0.3) is 10.0 Å². The van der Waals surface area contributed by atoms with Crippen molar-refractivity contribution in [2.24, 2.45) is 0 Å². The Morgan fingerprint density at radius 3 is 2.95 bits per heavy atom. The second-order valence-corrected chi connectivity index (χ2v) is 7.94. The van der Waals surface area contributed by atoms with Gasteiger partial charge in [0, 0.05) is 17.6 Å². The van der Waals surface area contributed by atoms with Crippen LogP contribution in [0.5, 0.6) is 0 Å². The molecule has 0 saturated carbocycles. The Kier molecular flexibility index (Phi) is 3.65. The Morgan fingerprint density at radius 2 is 2.23 bits per heavy atom. The van der Waals surface area contributed by atoms with Gasteiger partial charge in [0.15, 0.2) is 0 Å². The second-order valence-electron chi connectivity index (χ2n) is 4.85. The summed E-state index contributed by atoms with van der Waals surface area (Å²) in [7, 11) is -2.44. The molecule has 22 heavy (non-hydrogen) atoms. The number of hydrogen-bond donors (Lipinski definition) is 0. The van der Waals surface area contributed by atoms with Gasteiger partial charge >= 0.3 is 5.97 Å². The van der Waals surface area contributed by atoms with Crippen LogP contribution in [0.2, 0.25) is 0 Å². The third-order valence-electron chi connectivity index (χ3n) is 3.57. The fourth-order valence-corrected chi connectivity index (χ4v) is 5.46. The highest BCUT2D eigenvalue weighted by molar-refractivity contribution is 7.93. The topological polar surface area (TPSA) is 76.6 Å². The van der Waals surface area contributed by atoms with Gasteiger partial charge in [-0.05, 0) is 31.0 Å². The number of pyridine rings is 1. The molecule has 1 aliphatic rings. The molecule has 0 aliphatic carbocycles. The van der Waals surface area contributed by atoms with Crippen molar-refractivity contribution in [3.05, 3.63) is 39.8 Å². The number of anilines is 1. The molecule has 0 amide bonds. The summed E-state index contributed by atoms with van der Waals surface area (Å²) < 4.78 is 31.8. The molecule has 0 atom stereocenters. The molecule has 0 bridgehead atoms. The Balaban J connectivity index is 2.05. The third kappa shape index (κ3) is 2.28. The first-order valence-corrected chi connectivity index (χ1v) is 8.85. The molecule has 0 unspecified atom stereocenters. The van der Waals surface area contributed by atoms with Crippen molar-refractivity contribution in [1.29, 1.82) is 0 Å². The number of sulfonamides is 1. The number of aromatic nitrogens is 1. The lowest BCUT2D eigenvalue weighted by atomic mass is 10.2. The molecule has 2 aromatic heterocycles. The minimum absolute atomic E-state index is 0.148. The summed E-state index contributed by atoms with van der Waals surface area (Å²) in [6.07, 6.45) is 3.87. The molecule has 0 fully saturated rings. The van der Waals surface area contributed by atoms with Crippen molar-refractivity contribution in [2.75, 3.05) is 18.0 Å². The first-order valence-electron chi connectivity index (χ1n) is 6.59. The zero-order valence-corrected chi connectivity index (χ0v) is 13.7. The van der Waals surface area contributed by atoms with E-state index in [2.05, 4.69) is 9.72 Å². The lowest BCUT2D eigenvalue weighted by molar-refractivity contribution is 0.0606. The Labute approximate surface area is 132 Å². The van der Waals surface area contributed by atoms with Gasteiger partial charge in [-0.25, -0.2) is 13.2 Å². The van der Waals surface area contributed by atoms with Crippen LogP contribution < -0.4 is 4.31 Å². The van der Waals surface area contributed by atoms with Gasteiger partial charge in [0.1, 0.15) is 9.77 Å². The number of fused-ring (bicyclic) bond motifs is 1. The lowest BCUT2D eigenvalue weighted by Crippen LogP contribution is -2.29. The monoisotopic (exact) mass is 338 g/mol. The predicted molar refractivity (Wildman–Crippen MR) is 82.9 cm³/mol. The summed E-state index contributed by atoms with van der Waals surface area (Å²) in [5.74, 6) is -0.530. The number of methoxy groups -OCH3 is 1. The normalized spacial score (nSPS) is 14.0. The van der Waals surface area contributed by atoms with E-state index in [1.807, 2.05) is 6.07 Å². The summed E-state index contributed by atoms with van der Waals surface area (Å²) in [5.41, 5.74) is 1.56. The van der Waals surface area contributed by atoms with E-state index in [9.17, 15) is 13.2 Å². The number of ether oxygens (including phenoxy) is 1.